The van der Waals surface area contributed by atoms with Gasteiger partial charge in [0.1, 0.15) is 5.69 Å². The Kier molecular flexibility index (Phi) is 3.44. The lowest BCUT2D eigenvalue weighted by Crippen LogP contribution is -2.17. The summed E-state index contributed by atoms with van der Waals surface area (Å²) in [6, 6.07) is 3.86. The quantitative estimate of drug-likeness (QED) is 0.868. The standard InChI is InChI=1S/C14H13Cl2N3O/c1-8-4-5-17-13(16)12(8)18-14(20)11-6-9(15)7-19(11)10-2-3-10/h4-7,10H,2-3H2,1H3,(H,18,20). The molecule has 20 heavy (non-hydrogen) atoms. The molecule has 0 unspecified atom stereocenters. The van der Waals surface area contributed by atoms with Crippen LogP contribution in [0.25, 0.3) is 0 Å². The van der Waals surface area contributed by atoms with Crippen LogP contribution in [0.2, 0.25) is 10.2 Å². The fourth-order valence-electron chi connectivity index (χ4n) is 2.14. The minimum Gasteiger partial charge on any atom is -0.339 e. The highest BCUT2D eigenvalue weighted by atomic mass is 35.5. The molecule has 6 heteroatoms. The van der Waals surface area contributed by atoms with E-state index in [1.807, 2.05) is 11.5 Å². The Balaban J connectivity index is 1.90. The van der Waals surface area contributed by atoms with Gasteiger partial charge in [0.05, 0.1) is 10.7 Å². The highest BCUT2D eigenvalue weighted by Crippen LogP contribution is 2.37. The maximum atomic E-state index is 12.4. The summed E-state index contributed by atoms with van der Waals surface area (Å²) in [5, 5.41) is 3.67. The molecular weight excluding hydrogens is 297 g/mol. The lowest BCUT2D eigenvalue weighted by molar-refractivity contribution is 0.101. The van der Waals surface area contributed by atoms with Gasteiger partial charge < -0.3 is 9.88 Å². The van der Waals surface area contributed by atoms with E-state index in [4.69, 9.17) is 23.2 Å². The van der Waals surface area contributed by atoms with E-state index in [0.29, 0.717) is 22.4 Å². The van der Waals surface area contributed by atoms with Gasteiger partial charge in [-0.3, -0.25) is 4.79 Å². The largest absolute Gasteiger partial charge is 0.339 e. The smallest absolute Gasteiger partial charge is 0.272 e. The fraction of sp³-hybridized carbons (Fsp3) is 0.286. The van der Waals surface area contributed by atoms with Crippen molar-refractivity contribution in [2.75, 3.05) is 5.32 Å². The molecule has 0 bridgehead atoms. The number of carbonyl (C=O) groups is 1. The van der Waals surface area contributed by atoms with Gasteiger partial charge in [0.2, 0.25) is 0 Å². The summed E-state index contributed by atoms with van der Waals surface area (Å²) in [5.74, 6) is -0.221. The number of rotatable bonds is 3. The highest BCUT2D eigenvalue weighted by Gasteiger charge is 2.28. The number of nitrogens with zero attached hydrogens (tertiary/aromatic N) is 2. The van der Waals surface area contributed by atoms with Gasteiger partial charge in [-0.1, -0.05) is 23.2 Å². The Hall–Kier alpha value is -1.52. The first-order chi connectivity index (χ1) is 9.56. The first kappa shape index (κ1) is 13.5. The number of aryl methyl sites for hydroxylation is 1. The van der Waals surface area contributed by atoms with E-state index in [0.717, 1.165) is 18.4 Å². The van der Waals surface area contributed by atoms with Crippen LogP contribution in [0.1, 0.15) is 34.9 Å². The summed E-state index contributed by atoms with van der Waals surface area (Å²) in [6.45, 7) is 1.87. The predicted molar refractivity (Wildman–Crippen MR) is 79.7 cm³/mol. The molecule has 1 amide bonds. The average molecular weight is 310 g/mol. The molecule has 2 aromatic heterocycles. The Morgan fingerprint density at radius 1 is 1.45 bits per heavy atom. The molecule has 1 aliphatic carbocycles. The number of hydrogen-bond acceptors (Lipinski definition) is 2. The molecule has 0 atom stereocenters. The molecule has 0 aliphatic heterocycles. The number of carbonyl (C=O) groups excluding carboxylic acids is 1. The van der Waals surface area contributed by atoms with E-state index >= 15 is 0 Å². The van der Waals surface area contributed by atoms with Crippen LogP contribution in [0.15, 0.2) is 24.5 Å². The van der Waals surface area contributed by atoms with Crippen LogP contribution in [0.3, 0.4) is 0 Å². The Morgan fingerprint density at radius 3 is 2.85 bits per heavy atom. The van der Waals surface area contributed by atoms with Gasteiger partial charge in [0, 0.05) is 18.4 Å². The second-order valence-corrected chi connectivity index (χ2v) is 5.72. The molecule has 1 fully saturated rings. The second-order valence-electron chi connectivity index (χ2n) is 4.93. The summed E-state index contributed by atoms with van der Waals surface area (Å²) >= 11 is 12.0. The first-order valence-electron chi connectivity index (χ1n) is 6.36. The van der Waals surface area contributed by atoms with Crippen LogP contribution in [0.4, 0.5) is 5.69 Å². The minimum atomic E-state index is -0.221. The number of pyridine rings is 1. The van der Waals surface area contributed by atoms with E-state index < -0.39 is 0 Å². The van der Waals surface area contributed by atoms with E-state index in [1.165, 1.54) is 0 Å². The zero-order chi connectivity index (χ0) is 14.3. The van der Waals surface area contributed by atoms with Crippen molar-refractivity contribution in [2.45, 2.75) is 25.8 Å². The molecule has 1 aliphatic rings. The van der Waals surface area contributed by atoms with Crippen molar-refractivity contribution >= 4 is 34.8 Å². The summed E-state index contributed by atoms with van der Waals surface area (Å²) in [5.41, 5.74) is 1.96. The van der Waals surface area contributed by atoms with Crippen LogP contribution in [-0.2, 0) is 0 Å². The van der Waals surface area contributed by atoms with Gasteiger partial charge in [0.25, 0.3) is 5.91 Å². The lowest BCUT2D eigenvalue weighted by atomic mass is 10.2. The molecule has 2 aromatic rings. The molecule has 2 heterocycles. The van der Waals surface area contributed by atoms with Crippen molar-refractivity contribution in [2.24, 2.45) is 0 Å². The third kappa shape index (κ3) is 2.53. The molecule has 0 radical (unpaired) electrons. The molecule has 0 aromatic carbocycles. The summed E-state index contributed by atoms with van der Waals surface area (Å²) in [7, 11) is 0. The molecule has 1 N–H and O–H groups in total. The van der Waals surface area contributed by atoms with Crippen LogP contribution in [-0.4, -0.2) is 15.5 Å². The molecule has 4 nitrogen and oxygen atoms in total. The van der Waals surface area contributed by atoms with Crippen LogP contribution < -0.4 is 5.32 Å². The van der Waals surface area contributed by atoms with Crippen molar-refractivity contribution in [1.29, 1.82) is 0 Å². The fourth-order valence-corrected chi connectivity index (χ4v) is 2.60. The van der Waals surface area contributed by atoms with Gasteiger partial charge in [0.15, 0.2) is 5.15 Å². The topological polar surface area (TPSA) is 46.9 Å². The van der Waals surface area contributed by atoms with Gasteiger partial charge in [-0.05, 0) is 37.5 Å². The number of aromatic nitrogens is 2. The zero-order valence-corrected chi connectivity index (χ0v) is 12.4. The van der Waals surface area contributed by atoms with Crippen LogP contribution in [0, 0.1) is 6.92 Å². The number of hydrogen-bond donors (Lipinski definition) is 1. The van der Waals surface area contributed by atoms with Crippen molar-refractivity contribution < 1.29 is 4.79 Å². The monoisotopic (exact) mass is 309 g/mol. The van der Waals surface area contributed by atoms with Gasteiger partial charge in [-0.2, -0.15) is 0 Å². The summed E-state index contributed by atoms with van der Waals surface area (Å²) < 4.78 is 1.93. The molecule has 3 rings (SSSR count). The van der Waals surface area contributed by atoms with Crippen molar-refractivity contribution in [1.82, 2.24) is 9.55 Å². The second kappa shape index (κ2) is 5.11. The van der Waals surface area contributed by atoms with Crippen molar-refractivity contribution in [3.63, 3.8) is 0 Å². The van der Waals surface area contributed by atoms with Crippen molar-refractivity contribution in [3.8, 4) is 0 Å². The SMILES string of the molecule is Cc1ccnc(Cl)c1NC(=O)c1cc(Cl)cn1C1CC1. The molecule has 0 saturated heterocycles. The van der Waals surface area contributed by atoms with E-state index in [9.17, 15) is 4.79 Å². The Morgan fingerprint density at radius 2 is 2.20 bits per heavy atom. The first-order valence-corrected chi connectivity index (χ1v) is 7.11. The van der Waals surface area contributed by atoms with E-state index in [1.54, 1.807) is 24.5 Å². The molecular formula is C14H13Cl2N3O. The normalized spacial score (nSPS) is 14.3. The Labute approximate surface area is 126 Å². The number of halogens is 2. The summed E-state index contributed by atoms with van der Waals surface area (Å²) in [4.78, 5) is 16.4. The minimum absolute atomic E-state index is 0.221. The van der Waals surface area contributed by atoms with Gasteiger partial charge >= 0.3 is 0 Å². The number of nitrogens with one attached hydrogen (secondary N) is 1. The van der Waals surface area contributed by atoms with E-state index in [2.05, 4.69) is 10.3 Å². The maximum Gasteiger partial charge on any atom is 0.272 e. The van der Waals surface area contributed by atoms with Gasteiger partial charge in [-0.15, -0.1) is 0 Å². The molecule has 104 valence electrons. The third-order valence-corrected chi connectivity index (χ3v) is 3.83. The zero-order valence-electron chi connectivity index (χ0n) is 10.9. The molecule has 0 spiro atoms. The van der Waals surface area contributed by atoms with E-state index in [-0.39, 0.29) is 11.1 Å². The lowest BCUT2D eigenvalue weighted by Gasteiger charge is -2.11. The number of anilines is 1. The van der Waals surface area contributed by atoms with Crippen molar-refractivity contribution in [3.05, 3.63) is 46.0 Å². The number of amides is 1. The van der Waals surface area contributed by atoms with Gasteiger partial charge in [-0.25, -0.2) is 4.98 Å². The third-order valence-electron chi connectivity index (χ3n) is 3.34. The molecule has 1 saturated carbocycles. The Bertz CT molecular complexity index is 657. The predicted octanol–water partition coefficient (Wildman–Crippen LogP) is 4.09. The average Bonchev–Trinajstić information content (AvgIpc) is 3.17. The van der Waals surface area contributed by atoms with Crippen LogP contribution >= 0.6 is 23.2 Å². The van der Waals surface area contributed by atoms with Crippen LogP contribution in [0.5, 0.6) is 0 Å². The maximum absolute atomic E-state index is 12.4. The highest BCUT2D eigenvalue weighted by molar-refractivity contribution is 6.33. The summed E-state index contributed by atoms with van der Waals surface area (Å²) in [6.07, 6.45) is 5.57.